The maximum atomic E-state index is 12.7. The van der Waals surface area contributed by atoms with E-state index in [1.807, 2.05) is 30.3 Å². The molecule has 20 heavy (non-hydrogen) atoms. The van der Waals surface area contributed by atoms with Gasteiger partial charge in [-0.25, -0.2) is 0 Å². The molecule has 3 rings (SSSR count). The number of rotatable bonds is 3. The van der Waals surface area contributed by atoms with Crippen LogP contribution in [0.3, 0.4) is 0 Å². The van der Waals surface area contributed by atoms with E-state index in [1.165, 1.54) is 0 Å². The molecule has 3 nitrogen and oxygen atoms in total. The van der Waals surface area contributed by atoms with Crippen molar-refractivity contribution in [3.8, 4) is 0 Å². The molecule has 2 aromatic rings. The van der Waals surface area contributed by atoms with Crippen LogP contribution in [0, 0.1) is 5.92 Å². The van der Waals surface area contributed by atoms with Crippen LogP contribution in [0.4, 0.5) is 0 Å². The van der Waals surface area contributed by atoms with Crippen LogP contribution in [0.15, 0.2) is 41.7 Å². The SMILES string of the molecule is C=CCN1Cc2c([nH]c3ccccc3c2=O)C1C(C)C. The number of fused-ring (bicyclic) bond motifs is 2. The maximum absolute atomic E-state index is 12.7. The Morgan fingerprint density at radius 2 is 2.20 bits per heavy atom. The van der Waals surface area contributed by atoms with Crippen LogP contribution in [0.25, 0.3) is 10.9 Å². The van der Waals surface area contributed by atoms with Crippen LogP contribution in [0.2, 0.25) is 0 Å². The minimum absolute atomic E-state index is 0.173. The summed E-state index contributed by atoms with van der Waals surface area (Å²) in [6, 6.07) is 8.02. The third-order valence-corrected chi connectivity index (χ3v) is 4.09. The first-order chi connectivity index (χ1) is 9.63. The summed E-state index contributed by atoms with van der Waals surface area (Å²) >= 11 is 0. The molecule has 0 fully saturated rings. The van der Waals surface area contributed by atoms with Gasteiger partial charge in [0.05, 0.1) is 6.04 Å². The van der Waals surface area contributed by atoms with Crippen LogP contribution in [0.1, 0.15) is 31.1 Å². The molecule has 0 saturated heterocycles. The Labute approximate surface area is 118 Å². The summed E-state index contributed by atoms with van der Waals surface area (Å²) in [6.45, 7) is 9.74. The second-order valence-corrected chi connectivity index (χ2v) is 5.80. The lowest BCUT2D eigenvalue weighted by Crippen LogP contribution is -2.26. The Hall–Kier alpha value is -1.87. The molecule has 1 unspecified atom stereocenters. The second kappa shape index (κ2) is 4.91. The van der Waals surface area contributed by atoms with Gasteiger partial charge in [0, 0.05) is 35.2 Å². The van der Waals surface area contributed by atoms with Crippen molar-refractivity contribution < 1.29 is 0 Å². The lowest BCUT2D eigenvalue weighted by atomic mass is 9.99. The van der Waals surface area contributed by atoms with Gasteiger partial charge in [0.15, 0.2) is 5.43 Å². The normalized spacial score (nSPS) is 18.6. The zero-order valence-corrected chi connectivity index (χ0v) is 12.0. The Kier molecular flexibility index (Phi) is 3.22. The molecule has 1 aromatic heterocycles. The Morgan fingerprint density at radius 1 is 1.45 bits per heavy atom. The summed E-state index contributed by atoms with van der Waals surface area (Å²) < 4.78 is 0. The van der Waals surface area contributed by atoms with E-state index in [9.17, 15) is 4.79 Å². The standard InChI is InChI=1S/C17H20N2O/c1-4-9-19-10-13-15(16(19)11(2)3)18-14-8-6-5-7-12(14)17(13)20/h4-8,11,16H,1,9-10H2,2-3H3,(H,18,20). The van der Waals surface area contributed by atoms with Crippen molar-refractivity contribution in [3.05, 3.63) is 58.4 Å². The predicted octanol–water partition coefficient (Wildman–Crippen LogP) is 3.23. The highest BCUT2D eigenvalue weighted by atomic mass is 16.1. The number of aromatic nitrogens is 1. The summed E-state index contributed by atoms with van der Waals surface area (Å²) in [5.74, 6) is 0.452. The topological polar surface area (TPSA) is 36.1 Å². The molecule has 0 aliphatic carbocycles. The summed E-state index contributed by atoms with van der Waals surface area (Å²) in [7, 11) is 0. The largest absolute Gasteiger partial charge is 0.357 e. The van der Waals surface area contributed by atoms with Crippen molar-refractivity contribution in [1.82, 2.24) is 9.88 Å². The number of pyridine rings is 1. The minimum Gasteiger partial charge on any atom is -0.357 e. The monoisotopic (exact) mass is 268 g/mol. The number of aromatic amines is 1. The van der Waals surface area contributed by atoms with Crippen LogP contribution in [-0.2, 0) is 6.54 Å². The van der Waals surface area contributed by atoms with Crippen LogP contribution in [-0.4, -0.2) is 16.4 Å². The van der Waals surface area contributed by atoms with Gasteiger partial charge in [-0.05, 0) is 18.1 Å². The summed E-state index contributed by atoms with van der Waals surface area (Å²) in [4.78, 5) is 18.5. The van der Waals surface area contributed by atoms with Crippen molar-refractivity contribution in [3.63, 3.8) is 0 Å². The number of H-pyrrole nitrogens is 1. The van der Waals surface area contributed by atoms with E-state index in [1.54, 1.807) is 0 Å². The Bertz CT molecular complexity index is 714. The van der Waals surface area contributed by atoms with Gasteiger partial charge in [0.2, 0.25) is 0 Å². The Balaban J connectivity index is 2.23. The zero-order chi connectivity index (χ0) is 14.3. The van der Waals surface area contributed by atoms with Crippen LogP contribution < -0.4 is 5.43 Å². The molecule has 1 aliphatic heterocycles. The lowest BCUT2D eigenvalue weighted by molar-refractivity contribution is 0.189. The van der Waals surface area contributed by atoms with Gasteiger partial charge in [0.25, 0.3) is 0 Å². The molecule has 1 atom stereocenters. The second-order valence-electron chi connectivity index (χ2n) is 5.80. The fourth-order valence-corrected chi connectivity index (χ4v) is 3.29. The van der Waals surface area contributed by atoms with E-state index in [0.29, 0.717) is 12.5 Å². The van der Waals surface area contributed by atoms with Crippen molar-refractivity contribution in [2.45, 2.75) is 26.4 Å². The molecular weight excluding hydrogens is 248 g/mol. The Morgan fingerprint density at radius 3 is 2.90 bits per heavy atom. The van der Waals surface area contributed by atoms with Crippen molar-refractivity contribution in [1.29, 1.82) is 0 Å². The van der Waals surface area contributed by atoms with Crippen LogP contribution >= 0.6 is 0 Å². The first kappa shape index (κ1) is 13.1. The van der Waals surface area contributed by atoms with Gasteiger partial charge in [-0.1, -0.05) is 32.1 Å². The number of para-hydroxylation sites is 1. The molecule has 1 aliphatic rings. The molecule has 1 aromatic carbocycles. The van der Waals surface area contributed by atoms with Gasteiger partial charge in [-0.3, -0.25) is 9.69 Å². The van der Waals surface area contributed by atoms with E-state index in [2.05, 4.69) is 30.3 Å². The van der Waals surface area contributed by atoms with Gasteiger partial charge < -0.3 is 4.98 Å². The molecule has 0 saturated carbocycles. The smallest absolute Gasteiger partial charge is 0.194 e. The van der Waals surface area contributed by atoms with Crippen molar-refractivity contribution >= 4 is 10.9 Å². The number of hydrogen-bond donors (Lipinski definition) is 1. The van der Waals surface area contributed by atoms with Crippen molar-refractivity contribution in [2.75, 3.05) is 6.54 Å². The lowest BCUT2D eigenvalue weighted by Gasteiger charge is -2.26. The third kappa shape index (κ3) is 1.90. The molecule has 0 spiro atoms. The van der Waals surface area contributed by atoms with Gasteiger partial charge in [0.1, 0.15) is 0 Å². The fraction of sp³-hybridized carbons (Fsp3) is 0.353. The van der Waals surface area contributed by atoms with Gasteiger partial charge >= 0.3 is 0 Å². The highest BCUT2D eigenvalue weighted by molar-refractivity contribution is 5.79. The average molecular weight is 268 g/mol. The maximum Gasteiger partial charge on any atom is 0.194 e. The minimum atomic E-state index is 0.173. The molecule has 1 N–H and O–H groups in total. The average Bonchev–Trinajstić information content (AvgIpc) is 2.78. The molecule has 2 heterocycles. The summed E-state index contributed by atoms with van der Waals surface area (Å²) in [5, 5.41) is 0.786. The molecule has 104 valence electrons. The fourth-order valence-electron chi connectivity index (χ4n) is 3.29. The van der Waals surface area contributed by atoms with E-state index in [0.717, 1.165) is 28.7 Å². The number of benzene rings is 1. The van der Waals surface area contributed by atoms with Crippen molar-refractivity contribution in [2.24, 2.45) is 5.92 Å². The highest BCUT2D eigenvalue weighted by Gasteiger charge is 2.34. The van der Waals surface area contributed by atoms with Crippen LogP contribution in [0.5, 0.6) is 0 Å². The first-order valence-corrected chi connectivity index (χ1v) is 7.12. The first-order valence-electron chi connectivity index (χ1n) is 7.12. The van der Waals surface area contributed by atoms with E-state index in [4.69, 9.17) is 0 Å². The third-order valence-electron chi connectivity index (χ3n) is 4.09. The summed E-state index contributed by atoms with van der Waals surface area (Å²) in [6.07, 6.45) is 1.91. The van der Waals surface area contributed by atoms with E-state index in [-0.39, 0.29) is 11.5 Å². The summed E-state index contributed by atoms with van der Waals surface area (Å²) in [5.41, 5.74) is 3.11. The van der Waals surface area contributed by atoms with E-state index < -0.39 is 0 Å². The number of nitrogens with zero attached hydrogens (tertiary/aromatic N) is 1. The highest BCUT2D eigenvalue weighted by Crippen LogP contribution is 2.36. The molecular formula is C17H20N2O. The van der Waals surface area contributed by atoms with Gasteiger partial charge in [-0.15, -0.1) is 6.58 Å². The quantitative estimate of drug-likeness (QED) is 0.868. The predicted molar refractivity (Wildman–Crippen MR) is 82.8 cm³/mol. The molecule has 0 radical (unpaired) electrons. The number of hydrogen-bond acceptors (Lipinski definition) is 2. The molecule has 0 bridgehead atoms. The zero-order valence-electron chi connectivity index (χ0n) is 12.0. The van der Waals surface area contributed by atoms with Gasteiger partial charge in [-0.2, -0.15) is 0 Å². The number of nitrogens with one attached hydrogen (secondary N) is 1. The van der Waals surface area contributed by atoms with E-state index >= 15 is 0 Å². The molecule has 0 amide bonds. The molecule has 3 heteroatoms.